The molecule has 1 fully saturated rings. The van der Waals surface area contributed by atoms with Crippen LogP contribution in [0.5, 0.6) is 0 Å². The van der Waals surface area contributed by atoms with Crippen molar-refractivity contribution in [3.8, 4) is 0 Å². The molecule has 3 heteroatoms. The minimum Gasteiger partial charge on any atom is -0.314 e. The van der Waals surface area contributed by atoms with Crippen molar-refractivity contribution in [1.29, 1.82) is 0 Å². The number of nitrogens with one attached hydrogen (secondary N) is 1. The molecule has 1 N–H and O–H groups in total. The van der Waals surface area contributed by atoms with E-state index in [0.717, 1.165) is 24.4 Å². The van der Waals surface area contributed by atoms with E-state index >= 15 is 0 Å². The molecule has 2 nitrogen and oxygen atoms in total. The molecule has 118 valence electrons. The number of nitrogens with zero attached hydrogens (tertiary/aromatic N) is 1. The van der Waals surface area contributed by atoms with E-state index in [-0.39, 0.29) is 0 Å². The third-order valence-electron chi connectivity index (χ3n) is 5.51. The molecule has 1 saturated carbocycles. The van der Waals surface area contributed by atoms with E-state index in [4.69, 9.17) is 0 Å². The molecule has 0 spiro atoms. The van der Waals surface area contributed by atoms with Crippen LogP contribution in [0.3, 0.4) is 0 Å². The third-order valence-corrected chi connectivity index (χ3v) is 6.54. The topological polar surface area (TPSA) is 15.3 Å². The summed E-state index contributed by atoms with van der Waals surface area (Å²) in [7, 11) is 0. The van der Waals surface area contributed by atoms with Crippen LogP contribution in [-0.4, -0.2) is 30.6 Å². The largest absolute Gasteiger partial charge is 0.314 e. The fourth-order valence-corrected chi connectivity index (χ4v) is 5.15. The molecular formula is C18H30N2S. The number of hydrogen-bond donors (Lipinski definition) is 1. The van der Waals surface area contributed by atoms with Crippen LogP contribution in [0.15, 0.2) is 11.4 Å². The van der Waals surface area contributed by atoms with Crippen molar-refractivity contribution in [2.24, 2.45) is 11.8 Å². The molecule has 0 amide bonds. The molecule has 3 rings (SSSR count). The summed E-state index contributed by atoms with van der Waals surface area (Å²) in [5.41, 5.74) is 1.59. The van der Waals surface area contributed by atoms with Crippen molar-refractivity contribution in [1.82, 2.24) is 10.2 Å². The Hall–Kier alpha value is -0.380. The average molecular weight is 307 g/mol. The van der Waals surface area contributed by atoms with Crippen molar-refractivity contribution in [3.05, 3.63) is 21.9 Å². The fourth-order valence-electron chi connectivity index (χ4n) is 4.26. The summed E-state index contributed by atoms with van der Waals surface area (Å²) >= 11 is 1.95. The molecule has 21 heavy (non-hydrogen) atoms. The van der Waals surface area contributed by atoms with E-state index in [0.29, 0.717) is 0 Å². The second-order valence-electron chi connectivity index (χ2n) is 6.87. The van der Waals surface area contributed by atoms with Gasteiger partial charge in [0.05, 0.1) is 0 Å². The van der Waals surface area contributed by atoms with Crippen LogP contribution >= 0.6 is 11.3 Å². The fraction of sp³-hybridized carbons (Fsp3) is 0.778. The minimum absolute atomic E-state index is 0.752. The summed E-state index contributed by atoms with van der Waals surface area (Å²) in [6.45, 7) is 9.48. The lowest BCUT2D eigenvalue weighted by atomic mass is 9.76. The lowest BCUT2D eigenvalue weighted by Gasteiger charge is -2.40. The number of thiophene rings is 1. The van der Waals surface area contributed by atoms with Crippen molar-refractivity contribution < 1.29 is 0 Å². The van der Waals surface area contributed by atoms with Gasteiger partial charge in [-0.1, -0.05) is 20.3 Å². The van der Waals surface area contributed by atoms with Gasteiger partial charge in [0.25, 0.3) is 0 Å². The summed E-state index contributed by atoms with van der Waals surface area (Å²) in [4.78, 5) is 4.34. The van der Waals surface area contributed by atoms with Gasteiger partial charge in [-0.3, -0.25) is 4.90 Å². The van der Waals surface area contributed by atoms with Crippen molar-refractivity contribution in [2.75, 3.05) is 19.6 Å². The lowest BCUT2D eigenvalue weighted by molar-refractivity contribution is 0.131. The molecule has 2 aliphatic rings. The first-order chi connectivity index (χ1) is 10.3. The van der Waals surface area contributed by atoms with Crippen LogP contribution in [0.4, 0.5) is 0 Å². The zero-order valence-electron chi connectivity index (χ0n) is 13.6. The van der Waals surface area contributed by atoms with E-state index in [1.54, 1.807) is 10.4 Å². The highest BCUT2D eigenvalue weighted by molar-refractivity contribution is 7.10. The average Bonchev–Trinajstić information content (AvgIpc) is 2.97. The number of hydrogen-bond acceptors (Lipinski definition) is 3. The monoisotopic (exact) mass is 306 g/mol. The molecule has 1 aromatic rings. The van der Waals surface area contributed by atoms with Crippen molar-refractivity contribution in [3.63, 3.8) is 0 Å². The van der Waals surface area contributed by atoms with E-state index in [1.165, 1.54) is 51.7 Å². The van der Waals surface area contributed by atoms with Crippen LogP contribution in [0.1, 0.15) is 50.0 Å². The highest BCUT2D eigenvalue weighted by Crippen LogP contribution is 2.33. The van der Waals surface area contributed by atoms with E-state index in [2.05, 4.69) is 35.5 Å². The van der Waals surface area contributed by atoms with Crippen LogP contribution in [0.25, 0.3) is 0 Å². The van der Waals surface area contributed by atoms with Gasteiger partial charge in [-0.15, -0.1) is 11.3 Å². The van der Waals surface area contributed by atoms with Gasteiger partial charge in [-0.2, -0.15) is 0 Å². The molecule has 1 aromatic heterocycles. The Balaban J connectivity index is 1.61. The summed E-state index contributed by atoms with van der Waals surface area (Å²) in [6.07, 6.45) is 6.88. The number of rotatable bonds is 5. The second kappa shape index (κ2) is 7.26. The maximum absolute atomic E-state index is 3.76. The maximum atomic E-state index is 3.76. The Morgan fingerprint density at radius 3 is 3.05 bits per heavy atom. The summed E-state index contributed by atoms with van der Waals surface area (Å²) < 4.78 is 0. The Kier molecular flexibility index (Phi) is 5.36. The highest BCUT2D eigenvalue weighted by atomic mass is 32.1. The van der Waals surface area contributed by atoms with Crippen LogP contribution in [0.2, 0.25) is 0 Å². The molecule has 0 bridgehead atoms. The van der Waals surface area contributed by atoms with Gasteiger partial charge in [0.2, 0.25) is 0 Å². The van der Waals surface area contributed by atoms with Gasteiger partial charge in [-0.05, 0) is 61.1 Å². The molecule has 1 aliphatic heterocycles. The smallest absolute Gasteiger partial charge is 0.0245 e. The Labute approximate surface area is 133 Å². The second-order valence-corrected chi connectivity index (χ2v) is 7.87. The van der Waals surface area contributed by atoms with Gasteiger partial charge >= 0.3 is 0 Å². The zero-order valence-corrected chi connectivity index (χ0v) is 14.4. The SMILES string of the molecule is CCNC1CCC(CC)CC1CN1CCc2sccc2C1. The van der Waals surface area contributed by atoms with Gasteiger partial charge in [0, 0.05) is 30.6 Å². The lowest BCUT2D eigenvalue weighted by Crippen LogP contribution is -2.46. The molecular weight excluding hydrogens is 276 g/mol. The van der Waals surface area contributed by atoms with Gasteiger partial charge < -0.3 is 5.32 Å². The quantitative estimate of drug-likeness (QED) is 0.887. The third kappa shape index (κ3) is 3.69. The standard InChI is InChI=1S/C18H30N2S/c1-3-14-5-6-17(19-4-2)16(11-14)13-20-9-7-18-15(12-20)8-10-21-18/h8,10,14,16-17,19H,3-7,9,11-13H2,1-2H3. The summed E-state index contributed by atoms with van der Waals surface area (Å²) in [5.74, 6) is 1.82. The predicted molar refractivity (Wildman–Crippen MR) is 91.9 cm³/mol. The van der Waals surface area contributed by atoms with Gasteiger partial charge in [0.1, 0.15) is 0 Å². The molecule has 0 aromatic carbocycles. The van der Waals surface area contributed by atoms with Gasteiger partial charge in [-0.25, -0.2) is 0 Å². The van der Waals surface area contributed by atoms with Crippen molar-refractivity contribution >= 4 is 11.3 Å². The molecule has 3 atom stereocenters. The van der Waals surface area contributed by atoms with Gasteiger partial charge in [0.15, 0.2) is 0 Å². The Morgan fingerprint density at radius 2 is 2.24 bits per heavy atom. The Bertz CT molecular complexity index is 442. The van der Waals surface area contributed by atoms with Crippen LogP contribution < -0.4 is 5.32 Å². The van der Waals surface area contributed by atoms with Crippen molar-refractivity contribution in [2.45, 2.75) is 58.5 Å². The molecule has 3 unspecified atom stereocenters. The first kappa shape index (κ1) is 15.5. The van der Waals surface area contributed by atoms with E-state index in [1.807, 2.05) is 11.3 Å². The highest BCUT2D eigenvalue weighted by Gasteiger charge is 2.31. The molecule has 1 aliphatic carbocycles. The first-order valence-electron chi connectivity index (χ1n) is 8.81. The van der Waals surface area contributed by atoms with E-state index < -0.39 is 0 Å². The summed E-state index contributed by atoms with van der Waals surface area (Å²) in [6, 6.07) is 3.09. The van der Waals surface area contributed by atoms with Crippen LogP contribution in [-0.2, 0) is 13.0 Å². The van der Waals surface area contributed by atoms with Crippen LogP contribution in [0, 0.1) is 11.8 Å². The zero-order chi connectivity index (χ0) is 14.7. The predicted octanol–water partition coefficient (Wildman–Crippen LogP) is 3.91. The molecule has 0 radical (unpaired) electrons. The summed E-state index contributed by atoms with van der Waals surface area (Å²) in [5, 5.41) is 6.03. The Morgan fingerprint density at radius 1 is 1.33 bits per heavy atom. The molecule has 0 saturated heterocycles. The molecule has 2 heterocycles. The minimum atomic E-state index is 0.752. The number of fused-ring (bicyclic) bond motifs is 1. The normalized spacial score (nSPS) is 30.3. The first-order valence-corrected chi connectivity index (χ1v) is 9.69. The van der Waals surface area contributed by atoms with E-state index in [9.17, 15) is 0 Å². The maximum Gasteiger partial charge on any atom is 0.0245 e.